The summed E-state index contributed by atoms with van der Waals surface area (Å²) in [7, 11) is 0. The number of hydrogen-bond acceptors (Lipinski definition) is 3. The third-order valence-corrected chi connectivity index (χ3v) is 2.34. The zero-order valence-electron chi connectivity index (χ0n) is 10.2. The van der Waals surface area contributed by atoms with Crippen LogP contribution in [0.1, 0.15) is 13.3 Å². The number of nitrogens with one attached hydrogen (secondary N) is 1. The minimum absolute atomic E-state index is 0.497. The molecule has 0 saturated heterocycles. The Morgan fingerprint density at radius 1 is 1.17 bits per heavy atom. The minimum Gasteiger partial charge on any atom is -0.494 e. The number of anilines is 2. The largest absolute Gasteiger partial charge is 0.494 e. The van der Waals surface area contributed by atoms with E-state index in [0.717, 1.165) is 17.9 Å². The van der Waals surface area contributed by atoms with Crippen LogP contribution < -0.4 is 10.1 Å². The average molecular weight is 246 g/mol. The van der Waals surface area contributed by atoms with E-state index in [0.29, 0.717) is 12.3 Å². The lowest BCUT2D eigenvalue weighted by Gasteiger charge is -2.08. The van der Waals surface area contributed by atoms with E-state index in [1.165, 1.54) is 12.3 Å². The van der Waals surface area contributed by atoms with E-state index in [1.807, 2.05) is 24.3 Å². The first-order chi connectivity index (χ1) is 8.78. The van der Waals surface area contributed by atoms with E-state index in [9.17, 15) is 4.39 Å². The minimum atomic E-state index is -0.497. The summed E-state index contributed by atoms with van der Waals surface area (Å²) in [5.41, 5.74) is 1.55. The Morgan fingerprint density at radius 3 is 2.61 bits per heavy atom. The fraction of sp³-hybridized carbons (Fsp3) is 0.214. The maximum Gasteiger partial charge on any atom is 0.214 e. The summed E-state index contributed by atoms with van der Waals surface area (Å²) in [6.45, 7) is 2.77. The first kappa shape index (κ1) is 12.4. The fourth-order valence-electron chi connectivity index (χ4n) is 1.50. The highest BCUT2D eigenvalue weighted by atomic mass is 19.1. The number of benzene rings is 1. The molecule has 0 fully saturated rings. The second-order valence-corrected chi connectivity index (χ2v) is 3.87. The second-order valence-electron chi connectivity index (χ2n) is 3.87. The zero-order chi connectivity index (χ0) is 12.8. The number of hydrogen-bond donors (Lipinski definition) is 1. The third kappa shape index (κ3) is 3.45. The van der Waals surface area contributed by atoms with E-state index in [4.69, 9.17) is 4.74 Å². The van der Waals surface area contributed by atoms with Gasteiger partial charge in [0, 0.05) is 23.6 Å². The molecular formula is C14H15FN2O. The Morgan fingerprint density at radius 2 is 1.94 bits per heavy atom. The summed E-state index contributed by atoms with van der Waals surface area (Å²) in [4.78, 5) is 3.50. The first-order valence-corrected chi connectivity index (χ1v) is 5.89. The molecule has 0 aliphatic rings. The Hall–Kier alpha value is -2.10. The van der Waals surface area contributed by atoms with Gasteiger partial charge in [0.15, 0.2) is 0 Å². The van der Waals surface area contributed by atoms with Gasteiger partial charge in [-0.15, -0.1) is 0 Å². The number of ether oxygens (including phenoxy) is 1. The van der Waals surface area contributed by atoms with Gasteiger partial charge in [0.25, 0.3) is 0 Å². The molecule has 0 aliphatic heterocycles. The summed E-state index contributed by atoms with van der Waals surface area (Å²) in [5, 5.41) is 3.09. The summed E-state index contributed by atoms with van der Waals surface area (Å²) in [5.74, 6) is 0.339. The third-order valence-electron chi connectivity index (χ3n) is 2.34. The average Bonchev–Trinajstić information content (AvgIpc) is 2.38. The van der Waals surface area contributed by atoms with Crippen molar-refractivity contribution in [1.82, 2.24) is 4.98 Å². The smallest absolute Gasteiger partial charge is 0.214 e. The SMILES string of the molecule is CCCOc1ccc(Nc2ccnc(F)c2)cc1. The van der Waals surface area contributed by atoms with Crippen LogP contribution in [0.4, 0.5) is 15.8 Å². The standard InChI is InChI=1S/C14H15FN2O/c1-2-9-18-13-5-3-11(4-6-13)17-12-7-8-16-14(15)10-12/h3-8,10H,2,9H2,1H3,(H,16,17). The van der Waals surface area contributed by atoms with Gasteiger partial charge >= 0.3 is 0 Å². The van der Waals surface area contributed by atoms with Crippen LogP contribution in [0.3, 0.4) is 0 Å². The van der Waals surface area contributed by atoms with Crippen molar-refractivity contribution in [3.63, 3.8) is 0 Å². The van der Waals surface area contributed by atoms with Crippen LogP contribution in [0, 0.1) is 5.95 Å². The van der Waals surface area contributed by atoms with Crippen LogP contribution in [0.15, 0.2) is 42.6 Å². The molecule has 0 spiro atoms. The van der Waals surface area contributed by atoms with Crippen molar-refractivity contribution in [3.8, 4) is 5.75 Å². The van der Waals surface area contributed by atoms with Crippen molar-refractivity contribution in [2.75, 3.05) is 11.9 Å². The number of pyridine rings is 1. The molecule has 1 aromatic heterocycles. The molecule has 0 radical (unpaired) electrons. The van der Waals surface area contributed by atoms with E-state index >= 15 is 0 Å². The summed E-state index contributed by atoms with van der Waals surface area (Å²) in [6.07, 6.45) is 2.41. The number of nitrogens with zero attached hydrogens (tertiary/aromatic N) is 1. The fourth-order valence-corrected chi connectivity index (χ4v) is 1.50. The summed E-state index contributed by atoms with van der Waals surface area (Å²) < 4.78 is 18.4. The predicted molar refractivity (Wildman–Crippen MR) is 69.7 cm³/mol. The Kier molecular flexibility index (Phi) is 4.12. The van der Waals surface area contributed by atoms with E-state index < -0.39 is 5.95 Å². The molecule has 0 bridgehead atoms. The van der Waals surface area contributed by atoms with Gasteiger partial charge in [-0.2, -0.15) is 4.39 Å². The first-order valence-electron chi connectivity index (χ1n) is 5.89. The van der Waals surface area contributed by atoms with Crippen LogP contribution >= 0.6 is 0 Å². The highest BCUT2D eigenvalue weighted by Crippen LogP contribution is 2.20. The number of halogens is 1. The molecule has 3 nitrogen and oxygen atoms in total. The quantitative estimate of drug-likeness (QED) is 0.816. The van der Waals surface area contributed by atoms with E-state index in [1.54, 1.807) is 6.07 Å². The maximum atomic E-state index is 12.9. The maximum absolute atomic E-state index is 12.9. The molecule has 0 saturated carbocycles. The van der Waals surface area contributed by atoms with Gasteiger partial charge in [0.2, 0.25) is 5.95 Å². The Bertz CT molecular complexity index is 499. The van der Waals surface area contributed by atoms with Crippen molar-refractivity contribution >= 4 is 11.4 Å². The van der Waals surface area contributed by atoms with Gasteiger partial charge in [-0.1, -0.05) is 6.92 Å². The van der Waals surface area contributed by atoms with Gasteiger partial charge in [-0.05, 0) is 36.8 Å². The highest BCUT2D eigenvalue weighted by molar-refractivity contribution is 5.59. The van der Waals surface area contributed by atoms with Crippen LogP contribution in [-0.4, -0.2) is 11.6 Å². The summed E-state index contributed by atoms with van der Waals surface area (Å²) >= 11 is 0. The molecule has 0 atom stereocenters. The number of rotatable bonds is 5. The molecule has 0 amide bonds. The normalized spacial score (nSPS) is 10.1. The molecule has 1 N–H and O–H groups in total. The molecular weight excluding hydrogens is 231 g/mol. The molecule has 94 valence electrons. The van der Waals surface area contributed by atoms with Crippen LogP contribution in [0.2, 0.25) is 0 Å². The highest BCUT2D eigenvalue weighted by Gasteiger charge is 1.98. The van der Waals surface area contributed by atoms with Gasteiger partial charge in [-0.25, -0.2) is 4.98 Å². The van der Waals surface area contributed by atoms with Crippen molar-refractivity contribution in [2.45, 2.75) is 13.3 Å². The van der Waals surface area contributed by atoms with E-state index in [-0.39, 0.29) is 0 Å². The van der Waals surface area contributed by atoms with E-state index in [2.05, 4.69) is 17.2 Å². The van der Waals surface area contributed by atoms with Gasteiger partial charge < -0.3 is 10.1 Å². The van der Waals surface area contributed by atoms with Crippen molar-refractivity contribution in [2.24, 2.45) is 0 Å². The second kappa shape index (κ2) is 6.00. The molecule has 4 heteroatoms. The Balaban J connectivity index is 2.02. The molecule has 2 aromatic rings. The van der Waals surface area contributed by atoms with Crippen LogP contribution in [0.25, 0.3) is 0 Å². The molecule has 1 aromatic carbocycles. The lowest BCUT2D eigenvalue weighted by molar-refractivity contribution is 0.317. The Labute approximate surface area is 106 Å². The molecule has 18 heavy (non-hydrogen) atoms. The topological polar surface area (TPSA) is 34.1 Å². The van der Waals surface area contributed by atoms with Crippen molar-refractivity contribution in [1.29, 1.82) is 0 Å². The van der Waals surface area contributed by atoms with Gasteiger partial charge in [-0.3, -0.25) is 0 Å². The summed E-state index contributed by atoms with van der Waals surface area (Å²) in [6, 6.07) is 10.6. The van der Waals surface area contributed by atoms with Crippen LogP contribution in [0.5, 0.6) is 5.75 Å². The van der Waals surface area contributed by atoms with Crippen molar-refractivity contribution < 1.29 is 9.13 Å². The van der Waals surface area contributed by atoms with Crippen molar-refractivity contribution in [3.05, 3.63) is 48.5 Å². The predicted octanol–water partition coefficient (Wildman–Crippen LogP) is 3.75. The molecule has 2 rings (SSSR count). The molecule has 0 aliphatic carbocycles. The molecule has 1 heterocycles. The zero-order valence-corrected chi connectivity index (χ0v) is 10.2. The van der Waals surface area contributed by atoms with Gasteiger partial charge in [0.1, 0.15) is 5.75 Å². The van der Waals surface area contributed by atoms with Gasteiger partial charge in [0.05, 0.1) is 6.61 Å². The monoisotopic (exact) mass is 246 g/mol. The number of aromatic nitrogens is 1. The molecule has 0 unspecified atom stereocenters. The lowest BCUT2D eigenvalue weighted by Crippen LogP contribution is -1.95. The van der Waals surface area contributed by atoms with Crippen LogP contribution in [-0.2, 0) is 0 Å². The lowest BCUT2D eigenvalue weighted by atomic mass is 10.3.